The van der Waals surface area contributed by atoms with E-state index < -0.39 is 263 Å². The van der Waals surface area contributed by atoms with Crippen LogP contribution in [0.4, 0.5) is 0 Å². The Hall–Kier alpha value is -2.89. The Morgan fingerprint density at radius 3 is 1.33 bits per heavy atom. The summed E-state index contributed by atoms with van der Waals surface area (Å²) in [6, 6.07) is -5.44. The fourth-order valence-corrected chi connectivity index (χ4v) is 10.1. The van der Waals surface area contributed by atoms with Crippen molar-refractivity contribution in [2.45, 2.75) is 199 Å². The van der Waals surface area contributed by atoms with Crippen molar-refractivity contribution in [1.82, 2.24) is 16.0 Å². The van der Waals surface area contributed by atoms with E-state index in [2.05, 4.69) is 24.3 Å². The molecule has 0 unspecified atom stereocenters. The Kier molecular flexibility index (Phi) is 26.5. The molecule has 0 aromatic rings. The molecule has 0 aromatic carbocycles. The molecule has 21 N–H and O–H groups in total. The van der Waals surface area contributed by atoms with Crippen LogP contribution in [0.15, 0.2) is 0 Å². The molecular weight excluding hydrogens is 1200 g/mol. The largest absolute Gasteiger partial charge is 0.397 e. The van der Waals surface area contributed by atoms with Gasteiger partial charge >= 0.3 is 20.8 Å². The average molecular weight is 1280 g/mol. The maximum atomic E-state index is 12.6. The number of ether oxygens (including phenoxy) is 10. The second-order valence-electron chi connectivity index (χ2n) is 19.8. The maximum absolute atomic E-state index is 12.6. The highest BCUT2D eigenvalue weighted by atomic mass is 32.3. The Balaban J connectivity index is 1.39. The zero-order chi connectivity index (χ0) is 63.0. The van der Waals surface area contributed by atoms with E-state index in [0.717, 1.165) is 20.8 Å². The van der Waals surface area contributed by atoms with Crippen LogP contribution < -0.4 is 16.0 Å². The quantitative estimate of drug-likeness (QED) is 0.0340. The molecule has 5 aliphatic rings. The Morgan fingerprint density at radius 2 is 0.881 bits per heavy atom. The number of carbonyl (C=O) groups excluding carboxylic acids is 3. The monoisotopic (exact) mass is 1280 g/mol. The van der Waals surface area contributed by atoms with E-state index in [1.54, 1.807) is 0 Å². The van der Waals surface area contributed by atoms with Gasteiger partial charge in [-0.1, -0.05) is 0 Å². The van der Waals surface area contributed by atoms with Gasteiger partial charge in [0.1, 0.15) is 140 Å². The fourth-order valence-electron chi connectivity index (χ4n) is 9.51. The minimum Gasteiger partial charge on any atom is -0.394 e. The molecule has 42 heteroatoms. The van der Waals surface area contributed by atoms with Crippen LogP contribution in [0.5, 0.6) is 0 Å². The third-order valence-corrected chi connectivity index (χ3v) is 14.5. The number of carbonyl (C=O) groups is 3. The predicted molar refractivity (Wildman–Crippen MR) is 257 cm³/mol. The molecule has 0 aliphatic carbocycles. The lowest BCUT2D eigenvalue weighted by Gasteiger charge is -2.50. The Labute approximate surface area is 476 Å². The lowest BCUT2D eigenvalue weighted by Crippen LogP contribution is -2.70. The van der Waals surface area contributed by atoms with E-state index >= 15 is 0 Å². The SMILES string of the molecule is CC(=O)N[C@H]1[C@H](O[C@H]2[C@@H](O)[C@@H](COS(=O)(=O)O)O[C@@H](O[C@H]3[C@H](O)[C@@H](NC(C)=O)[C@H](OC[C@@H](O)[C@H](O)[C@H](O[C@@H]4O[C@H](CO)[C@H](O)[C@H](O)[C@H]4O)[C@H](CO)NC(C)=O)O[C@@H]3CO)[C@@H]2O)O[C@H](CO)[C@@H](O[C@@H]2O[C@H](COS(=O)(=O)O)[C@H](O)[C@H](O)[C@H]2O)[C@@H]1O. The van der Waals surface area contributed by atoms with Gasteiger partial charge in [0.15, 0.2) is 31.5 Å². The summed E-state index contributed by atoms with van der Waals surface area (Å²) in [6.07, 6.45) is -54.3. The van der Waals surface area contributed by atoms with E-state index in [4.69, 9.17) is 51.9 Å². The number of aliphatic hydroxyl groups is 16. The van der Waals surface area contributed by atoms with E-state index in [1.165, 1.54) is 0 Å². The zero-order valence-corrected chi connectivity index (χ0v) is 45.9. The summed E-state index contributed by atoms with van der Waals surface area (Å²) in [6.45, 7) is -5.07. The van der Waals surface area contributed by atoms with Crippen molar-refractivity contribution >= 4 is 38.5 Å². The molecule has 5 fully saturated rings. The Morgan fingerprint density at radius 1 is 0.476 bits per heavy atom. The van der Waals surface area contributed by atoms with Crippen LogP contribution in [0.1, 0.15) is 20.8 Å². The molecule has 29 atom stereocenters. The lowest BCUT2D eigenvalue weighted by atomic mass is 9.94. The second-order valence-corrected chi connectivity index (χ2v) is 22.0. The van der Waals surface area contributed by atoms with Gasteiger partial charge in [0.25, 0.3) is 0 Å². The van der Waals surface area contributed by atoms with Crippen molar-refractivity contribution in [1.29, 1.82) is 0 Å². The minimum atomic E-state index is -5.37. The molecule has 5 rings (SSSR count). The number of nitrogens with one attached hydrogen (secondary N) is 3. The van der Waals surface area contributed by atoms with Gasteiger partial charge < -0.3 is 145 Å². The smallest absolute Gasteiger partial charge is 0.394 e. The summed E-state index contributed by atoms with van der Waals surface area (Å²) in [5.41, 5.74) is 0. The van der Waals surface area contributed by atoms with Gasteiger partial charge in [0, 0.05) is 20.8 Å². The highest BCUT2D eigenvalue weighted by Gasteiger charge is 2.57. The summed E-state index contributed by atoms with van der Waals surface area (Å²) < 4.78 is 129. The molecule has 3 amide bonds. The molecule has 0 saturated carbocycles. The van der Waals surface area contributed by atoms with Crippen molar-refractivity contribution in [3.8, 4) is 0 Å². The predicted octanol–water partition coefficient (Wildman–Crippen LogP) is -14.4. The summed E-state index contributed by atoms with van der Waals surface area (Å²) in [4.78, 5) is 37.2. The molecule has 5 heterocycles. The van der Waals surface area contributed by atoms with Crippen molar-refractivity contribution in [2.75, 3.05) is 46.2 Å². The number of hydrogen-bond donors (Lipinski definition) is 21. The number of aliphatic hydroxyl groups excluding tert-OH is 16. The second kappa shape index (κ2) is 31.0. The van der Waals surface area contributed by atoms with Crippen LogP contribution in [0.3, 0.4) is 0 Å². The molecule has 0 aromatic heterocycles. The van der Waals surface area contributed by atoms with Gasteiger partial charge in [-0.15, -0.1) is 0 Å². The van der Waals surface area contributed by atoms with Gasteiger partial charge in [-0.3, -0.25) is 23.5 Å². The third-order valence-electron chi connectivity index (χ3n) is 13.7. The molecule has 5 saturated heterocycles. The van der Waals surface area contributed by atoms with Crippen LogP contribution in [0.2, 0.25) is 0 Å². The molecule has 5 aliphatic heterocycles. The van der Waals surface area contributed by atoms with Crippen LogP contribution in [-0.2, 0) is 90.9 Å². The maximum Gasteiger partial charge on any atom is 0.397 e. The van der Waals surface area contributed by atoms with E-state index in [0.29, 0.717) is 0 Å². The third kappa shape index (κ3) is 18.4. The first-order valence-corrected chi connectivity index (χ1v) is 28.1. The van der Waals surface area contributed by atoms with E-state index in [-0.39, 0.29) is 0 Å². The van der Waals surface area contributed by atoms with Gasteiger partial charge in [0.05, 0.1) is 52.3 Å². The van der Waals surface area contributed by atoms with Crippen molar-refractivity contribution in [3.63, 3.8) is 0 Å². The van der Waals surface area contributed by atoms with Crippen LogP contribution in [-0.4, -0.2) is 349 Å². The van der Waals surface area contributed by atoms with E-state index in [9.17, 15) is 117 Å². The molecule has 84 heavy (non-hydrogen) atoms. The molecule has 40 nitrogen and oxygen atoms in total. The standard InChI is InChI=1S/C42H73N3O37S2/c1-11(50)43-14(4-46)34(79-40-31(62)29(60)24(55)16(5-47)74-40)23(54)15(53)8-71-38-21(44-12(2)51)27(58)35(17(6-48)75-38)81-42-33(64)37(26(57)20(78-42)10-73-84(68,69)70)82-39-22(45-13(3)52)28(59)36(18(7-49)76-39)80-41-32(63)30(61)25(56)19(77-41)9-72-83(65,66)67/h14-42,46-49,53-64H,4-10H2,1-3H3,(H,43,50)(H,44,51)(H,45,52)(H,65,66,67)(H,68,69,70)/t14-,15+,16+,17+,18+,19+,20+,21+,22+,23-,24-,25-,26-,27+,28+,29-,30-,31+,32+,33+,34+,35+,36+,37-,38+,39-,40-,41-,42-/m0/s1. The van der Waals surface area contributed by atoms with Crippen LogP contribution in [0, 0.1) is 0 Å². The van der Waals surface area contributed by atoms with Crippen molar-refractivity contribution in [2.24, 2.45) is 0 Å². The van der Waals surface area contributed by atoms with Gasteiger partial charge in [-0.05, 0) is 0 Å². The highest BCUT2D eigenvalue weighted by molar-refractivity contribution is 7.81. The summed E-state index contributed by atoms with van der Waals surface area (Å²) >= 11 is 0. The first-order chi connectivity index (χ1) is 39.2. The molecule has 0 bridgehead atoms. The summed E-state index contributed by atoms with van der Waals surface area (Å²) in [7, 11) is -10.5. The number of hydrogen-bond acceptors (Lipinski definition) is 35. The minimum absolute atomic E-state index is 0.824. The molecule has 0 radical (unpaired) electrons. The topological polar surface area (TPSA) is 630 Å². The normalized spacial score (nSPS) is 41.1. The highest BCUT2D eigenvalue weighted by Crippen LogP contribution is 2.36. The van der Waals surface area contributed by atoms with Crippen LogP contribution in [0.25, 0.3) is 0 Å². The van der Waals surface area contributed by atoms with Gasteiger partial charge in [0.2, 0.25) is 17.7 Å². The van der Waals surface area contributed by atoms with Crippen molar-refractivity contribution < 1.29 is 178 Å². The number of amides is 3. The Bertz CT molecular complexity index is 2340. The van der Waals surface area contributed by atoms with Crippen LogP contribution >= 0.6 is 0 Å². The zero-order valence-electron chi connectivity index (χ0n) is 44.3. The van der Waals surface area contributed by atoms with Crippen molar-refractivity contribution in [3.05, 3.63) is 0 Å². The molecule has 0 spiro atoms. The van der Waals surface area contributed by atoms with Gasteiger partial charge in [-0.2, -0.15) is 16.8 Å². The fraction of sp³-hybridized carbons (Fsp3) is 0.929. The number of rotatable bonds is 27. The average Bonchev–Trinajstić information content (AvgIpc) is 2.21. The molecular formula is C42H73N3O37S2. The molecule has 490 valence electrons. The summed E-state index contributed by atoms with van der Waals surface area (Å²) in [5, 5.41) is 180. The first-order valence-electron chi connectivity index (χ1n) is 25.3. The first kappa shape index (κ1) is 71.9. The van der Waals surface area contributed by atoms with Gasteiger partial charge in [-0.25, -0.2) is 8.37 Å². The van der Waals surface area contributed by atoms with E-state index in [1.807, 2.05) is 0 Å². The summed E-state index contributed by atoms with van der Waals surface area (Å²) in [5.74, 6) is -2.72. The lowest BCUT2D eigenvalue weighted by molar-refractivity contribution is -0.377.